The first-order valence-electron chi connectivity index (χ1n) is 3.16. The van der Waals surface area contributed by atoms with Gasteiger partial charge in [0.15, 0.2) is 0 Å². The molecule has 1 heterocycles. The summed E-state index contributed by atoms with van der Waals surface area (Å²) in [6.45, 7) is -0.377. The lowest BCUT2D eigenvalue weighted by Crippen LogP contribution is -2.57. The molecule has 2 atom stereocenters. The molecule has 2 nitrogen and oxygen atoms in total. The molecule has 2 N–H and O–H groups in total. The Morgan fingerprint density at radius 2 is 2.00 bits per heavy atom. The Labute approximate surface area is 60.9 Å². The quantitative estimate of drug-likeness (QED) is 0.333. The second-order valence-corrected chi connectivity index (χ2v) is 2.53. The minimum atomic E-state index is -3.77. The summed E-state index contributed by atoms with van der Waals surface area (Å²) >= 11 is 0. The van der Waals surface area contributed by atoms with E-state index >= 15 is 0 Å². The number of alkyl halides is 3. The number of piperidine rings is 1. The molecule has 0 bridgehead atoms. The van der Waals surface area contributed by atoms with Crippen LogP contribution in [0.25, 0.3) is 0 Å². The van der Waals surface area contributed by atoms with Crippen molar-refractivity contribution in [1.82, 2.24) is 5.12 Å². The van der Waals surface area contributed by atoms with Crippen LogP contribution >= 0.6 is 0 Å². The summed E-state index contributed by atoms with van der Waals surface area (Å²) in [5.41, 5.74) is 4.88. The highest BCUT2D eigenvalue weighted by atomic mass is 19.3. The van der Waals surface area contributed by atoms with E-state index in [-0.39, 0.29) is 13.0 Å². The lowest BCUT2D eigenvalue weighted by Gasteiger charge is -2.34. The van der Waals surface area contributed by atoms with Gasteiger partial charge < -0.3 is 5.73 Å². The van der Waals surface area contributed by atoms with Gasteiger partial charge in [0, 0.05) is 6.54 Å². The zero-order valence-electron chi connectivity index (χ0n) is 5.61. The van der Waals surface area contributed by atoms with E-state index in [2.05, 4.69) is 0 Å². The molecule has 0 aromatic rings. The van der Waals surface area contributed by atoms with Gasteiger partial charge in [-0.3, -0.25) is 0 Å². The van der Waals surface area contributed by atoms with Crippen molar-refractivity contribution in [2.45, 2.75) is 24.7 Å². The van der Waals surface area contributed by atoms with Crippen molar-refractivity contribution in [2.24, 2.45) is 5.73 Å². The topological polar surface area (TPSA) is 29.3 Å². The van der Waals surface area contributed by atoms with Gasteiger partial charge in [-0.2, -0.15) is 0 Å². The predicted molar refractivity (Wildman–Crippen MR) is 30.2 cm³/mol. The van der Waals surface area contributed by atoms with Crippen LogP contribution < -0.4 is 5.73 Å². The third-order valence-corrected chi connectivity index (χ3v) is 1.71. The van der Waals surface area contributed by atoms with Crippen molar-refractivity contribution < 1.29 is 17.7 Å². The third-order valence-electron chi connectivity index (χ3n) is 1.71. The standard InChI is InChI=1S/C5H8F4N2/c6-4-5(7,8)3(10)1-2-11(4)9/h3-4H,1-2,10H2. The largest absolute Gasteiger partial charge is 0.322 e. The Morgan fingerprint density at radius 1 is 1.45 bits per heavy atom. The zero-order chi connectivity index (χ0) is 8.65. The maximum absolute atomic E-state index is 12.5. The fourth-order valence-corrected chi connectivity index (χ4v) is 0.932. The van der Waals surface area contributed by atoms with Crippen LogP contribution in [0.15, 0.2) is 0 Å². The minimum Gasteiger partial charge on any atom is -0.322 e. The smallest absolute Gasteiger partial charge is 0.309 e. The van der Waals surface area contributed by atoms with Crippen molar-refractivity contribution in [3.05, 3.63) is 0 Å². The lowest BCUT2D eigenvalue weighted by atomic mass is 10.0. The summed E-state index contributed by atoms with van der Waals surface area (Å²) in [5.74, 6) is -3.77. The maximum atomic E-state index is 12.5. The molecule has 6 heteroatoms. The molecular weight excluding hydrogens is 164 g/mol. The van der Waals surface area contributed by atoms with E-state index in [1.165, 1.54) is 0 Å². The molecule has 0 aromatic heterocycles. The van der Waals surface area contributed by atoms with Gasteiger partial charge >= 0.3 is 5.92 Å². The molecule has 0 aromatic carbocycles. The van der Waals surface area contributed by atoms with Crippen molar-refractivity contribution >= 4 is 0 Å². The van der Waals surface area contributed by atoms with Gasteiger partial charge in [-0.15, -0.1) is 9.60 Å². The summed E-state index contributed by atoms with van der Waals surface area (Å²) in [5, 5.41) is -0.524. The van der Waals surface area contributed by atoms with E-state index in [4.69, 9.17) is 5.73 Å². The average Bonchev–Trinajstić information content (AvgIpc) is 1.95. The number of hydrogen-bond acceptors (Lipinski definition) is 2. The van der Waals surface area contributed by atoms with E-state index in [0.29, 0.717) is 0 Å². The molecule has 66 valence electrons. The number of hydrogen-bond donors (Lipinski definition) is 1. The van der Waals surface area contributed by atoms with Crippen LogP contribution in [0.4, 0.5) is 17.7 Å². The monoisotopic (exact) mass is 172 g/mol. The van der Waals surface area contributed by atoms with E-state index in [9.17, 15) is 17.7 Å². The number of halogens is 4. The van der Waals surface area contributed by atoms with Gasteiger partial charge in [0.05, 0.1) is 6.04 Å². The van der Waals surface area contributed by atoms with E-state index in [1.807, 2.05) is 0 Å². The Kier molecular flexibility index (Phi) is 2.06. The summed E-state index contributed by atoms with van der Waals surface area (Å²) < 4.78 is 49.4. The number of nitrogens with two attached hydrogens (primary N) is 1. The van der Waals surface area contributed by atoms with Crippen LogP contribution in [-0.4, -0.2) is 29.9 Å². The number of nitrogens with zero attached hydrogens (tertiary/aromatic N) is 1. The lowest BCUT2D eigenvalue weighted by molar-refractivity contribution is -0.230. The molecule has 1 aliphatic heterocycles. The Morgan fingerprint density at radius 3 is 2.45 bits per heavy atom. The molecule has 0 amide bonds. The third kappa shape index (κ3) is 1.32. The minimum absolute atomic E-state index is 0.232. The van der Waals surface area contributed by atoms with Gasteiger partial charge in [-0.05, 0) is 6.42 Å². The van der Waals surface area contributed by atoms with Crippen LogP contribution in [0.3, 0.4) is 0 Å². The normalized spacial score (nSPS) is 39.0. The predicted octanol–water partition coefficient (Wildman–Crippen LogP) is 0.835. The van der Waals surface area contributed by atoms with Gasteiger partial charge in [0.2, 0.25) is 6.30 Å². The SMILES string of the molecule is NC1CCN(F)C(F)C1(F)F. The molecule has 0 radical (unpaired) electrons. The van der Waals surface area contributed by atoms with Gasteiger partial charge in [0.1, 0.15) is 0 Å². The zero-order valence-corrected chi connectivity index (χ0v) is 5.61. The Hall–Kier alpha value is -0.360. The second kappa shape index (κ2) is 2.60. The first-order chi connectivity index (χ1) is 4.96. The van der Waals surface area contributed by atoms with Crippen molar-refractivity contribution in [2.75, 3.05) is 6.54 Å². The highest BCUT2D eigenvalue weighted by molar-refractivity contribution is 4.90. The van der Waals surface area contributed by atoms with Gasteiger partial charge in [-0.25, -0.2) is 13.2 Å². The van der Waals surface area contributed by atoms with Crippen molar-refractivity contribution in [1.29, 1.82) is 0 Å². The van der Waals surface area contributed by atoms with Crippen LogP contribution in [0.2, 0.25) is 0 Å². The summed E-state index contributed by atoms with van der Waals surface area (Å²) in [6, 6.07) is -1.58. The summed E-state index contributed by atoms with van der Waals surface area (Å²) in [6.07, 6.45) is -3.13. The first kappa shape index (κ1) is 8.73. The molecule has 0 saturated carbocycles. The molecule has 2 unspecified atom stereocenters. The molecule has 0 aliphatic carbocycles. The van der Waals surface area contributed by atoms with E-state index < -0.39 is 23.4 Å². The molecule has 1 rings (SSSR count). The van der Waals surface area contributed by atoms with Crippen molar-refractivity contribution in [3.63, 3.8) is 0 Å². The van der Waals surface area contributed by atoms with Crippen molar-refractivity contribution in [3.8, 4) is 0 Å². The highest BCUT2D eigenvalue weighted by Crippen LogP contribution is 2.32. The fraction of sp³-hybridized carbons (Fsp3) is 1.00. The second-order valence-electron chi connectivity index (χ2n) is 2.53. The molecular formula is C5H8F4N2. The van der Waals surface area contributed by atoms with E-state index in [1.54, 1.807) is 0 Å². The fourth-order valence-electron chi connectivity index (χ4n) is 0.932. The van der Waals surface area contributed by atoms with Crippen LogP contribution in [-0.2, 0) is 0 Å². The molecule has 1 saturated heterocycles. The first-order valence-corrected chi connectivity index (χ1v) is 3.16. The molecule has 1 fully saturated rings. The van der Waals surface area contributed by atoms with Crippen LogP contribution in [0, 0.1) is 0 Å². The summed E-state index contributed by atoms with van der Waals surface area (Å²) in [7, 11) is 0. The number of rotatable bonds is 0. The molecule has 0 spiro atoms. The molecule has 11 heavy (non-hydrogen) atoms. The van der Waals surface area contributed by atoms with Crippen LogP contribution in [0.5, 0.6) is 0 Å². The highest BCUT2D eigenvalue weighted by Gasteiger charge is 2.52. The van der Waals surface area contributed by atoms with E-state index in [0.717, 1.165) is 0 Å². The Bertz CT molecular complexity index is 151. The van der Waals surface area contributed by atoms with Crippen LogP contribution in [0.1, 0.15) is 6.42 Å². The maximum Gasteiger partial charge on any atom is 0.309 e. The van der Waals surface area contributed by atoms with Gasteiger partial charge in [-0.1, -0.05) is 0 Å². The summed E-state index contributed by atoms with van der Waals surface area (Å²) in [4.78, 5) is 0. The van der Waals surface area contributed by atoms with Gasteiger partial charge in [0.25, 0.3) is 0 Å². The Balaban J connectivity index is 2.72. The molecule has 1 aliphatic rings. The average molecular weight is 172 g/mol.